The standard InChI is InChI=1S/C13H14N2O3/c1-9-12(18-8-15-9)7-14-13(16)10-4-3-5-11(6-10)17-2/h3-6,8H,7H2,1-2H3,(H,14,16). The van der Waals surface area contributed by atoms with Crippen LogP contribution in [0.5, 0.6) is 5.75 Å². The Morgan fingerprint density at radius 2 is 2.33 bits per heavy atom. The quantitative estimate of drug-likeness (QED) is 0.895. The van der Waals surface area contributed by atoms with Crippen molar-refractivity contribution in [1.82, 2.24) is 10.3 Å². The molecule has 0 aliphatic rings. The number of hydrogen-bond donors (Lipinski definition) is 1. The van der Waals surface area contributed by atoms with Crippen molar-refractivity contribution < 1.29 is 13.9 Å². The van der Waals surface area contributed by atoms with E-state index in [-0.39, 0.29) is 5.91 Å². The smallest absolute Gasteiger partial charge is 0.251 e. The van der Waals surface area contributed by atoms with Gasteiger partial charge in [-0.2, -0.15) is 0 Å². The minimum absolute atomic E-state index is 0.176. The van der Waals surface area contributed by atoms with Crippen LogP contribution in [0.15, 0.2) is 35.1 Å². The van der Waals surface area contributed by atoms with Gasteiger partial charge in [0.15, 0.2) is 6.39 Å². The van der Waals surface area contributed by atoms with Gasteiger partial charge in [0, 0.05) is 5.56 Å². The molecule has 0 saturated heterocycles. The SMILES string of the molecule is COc1cccc(C(=O)NCc2ocnc2C)c1. The van der Waals surface area contributed by atoms with Gasteiger partial charge in [0.25, 0.3) is 5.91 Å². The fraction of sp³-hybridized carbons (Fsp3) is 0.231. The minimum atomic E-state index is -0.176. The van der Waals surface area contributed by atoms with Crippen LogP contribution in [-0.4, -0.2) is 18.0 Å². The van der Waals surface area contributed by atoms with E-state index >= 15 is 0 Å². The molecule has 0 saturated carbocycles. The lowest BCUT2D eigenvalue weighted by atomic mass is 10.2. The van der Waals surface area contributed by atoms with Crippen molar-refractivity contribution >= 4 is 5.91 Å². The van der Waals surface area contributed by atoms with Gasteiger partial charge in [0.2, 0.25) is 0 Å². The summed E-state index contributed by atoms with van der Waals surface area (Å²) < 4.78 is 10.2. The number of amides is 1. The highest BCUT2D eigenvalue weighted by atomic mass is 16.5. The van der Waals surface area contributed by atoms with Gasteiger partial charge in [0.05, 0.1) is 19.3 Å². The van der Waals surface area contributed by atoms with Crippen molar-refractivity contribution in [2.24, 2.45) is 0 Å². The third kappa shape index (κ3) is 2.68. The fourth-order valence-corrected chi connectivity index (χ4v) is 1.52. The van der Waals surface area contributed by atoms with Crippen LogP contribution in [0.2, 0.25) is 0 Å². The number of ether oxygens (including phenoxy) is 1. The largest absolute Gasteiger partial charge is 0.497 e. The first-order valence-corrected chi connectivity index (χ1v) is 5.52. The third-order valence-corrected chi connectivity index (χ3v) is 2.59. The highest BCUT2D eigenvalue weighted by Gasteiger charge is 2.09. The van der Waals surface area contributed by atoms with Crippen LogP contribution in [0.25, 0.3) is 0 Å². The Labute approximate surface area is 105 Å². The topological polar surface area (TPSA) is 64.4 Å². The summed E-state index contributed by atoms with van der Waals surface area (Å²) in [5.41, 5.74) is 1.33. The molecule has 94 valence electrons. The molecule has 0 fully saturated rings. The van der Waals surface area contributed by atoms with Gasteiger partial charge in [-0.15, -0.1) is 0 Å². The minimum Gasteiger partial charge on any atom is -0.497 e. The molecule has 2 aromatic rings. The van der Waals surface area contributed by atoms with Crippen molar-refractivity contribution in [3.05, 3.63) is 47.7 Å². The summed E-state index contributed by atoms with van der Waals surface area (Å²) in [5, 5.41) is 2.77. The zero-order chi connectivity index (χ0) is 13.0. The average molecular weight is 246 g/mol. The number of methoxy groups -OCH3 is 1. The van der Waals surface area contributed by atoms with E-state index in [4.69, 9.17) is 9.15 Å². The van der Waals surface area contributed by atoms with Crippen LogP contribution in [0, 0.1) is 6.92 Å². The number of nitrogens with zero attached hydrogens (tertiary/aromatic N) is 1. The number of carbonyl (C=O) groups excluding carboxylic acids is 1. The first-order chi connectivity index (χ1) is 8.70. The molecule has 1 heterocycles. The fourth-order valence-electron chi connectivity index (χ4n) is 1.52. The van der Waals surface area contributed by atoms with Crippen molar-refractivity contribution in [2.45, 2.75) is 13.5 Å². The second-order valence-corrected chi connectivity index (χ2v) is 3.78. The van der Waals surface area contributed by atoms with E-state index in [0.29, 0.717) is 23.6 Å². The van der Waals surface area contributed by atoms with Crippen molar-refractivity contribution in [2.75, 3.05) is 7.11 Å². The van der Waals surface area contributed by atoms with E-state index in [2.05, 4.69) is 10.3 Å². The van der Waals surface area contributed by atoms with Crippen molar-refractivity contribution in [3.8, 4) is 5.75 Å². The van der Waals surface area contributed by atoms with Crippen molar-refractivity contribution in [3.63, 3.8) is 0 Å². The lowest BCUT2D eigenvalue weighted by molar-refractivity contribution is 0.0947. The highest BCUT2D eigenvalue weighted by Crippen LogP contribution is 2.12. The van der Waals surface area contributed by atoms with E-state index in [9.17, 15) is 4.79 Å². The summed E-state index contributed by atoms with van der Waals surface area (Å²) in [7, 11) is 1.56. The van der Waals surface area contributed by atoms with Crippen molar-refractivity contribution in [1.29, 1.82) is 0 Å². The lowest BCUT2D eigenvalue weighted by Gasteiger charge is -2.05. The van der Waals surface area contributed by atoms with E-state index in [1.165, 1.54) is 6.39 Å². The first-order valence-electron chi connectivity index (χ1n) is 5.52. The summed E-state index contributed by atoms with van der Waals surface area (Å²) in [5.74, 6) is 1.13. The normalized spacial score (nSPS) is 10.1. The van der Waals surface area contributed by atoms with Gasteiger partial charge in [-0.1, -0.05) is 6.07 Å². The number of nitrogens with one attached hydrogen (secondary N) is 1. The summed E-state index contributed by atoms with van der Waals surface area (Å²) in [4.78, 5) is 15.8. The first kappa shape index (κ1) is 12.2. The van der Waals surface area contributed by atoms with E-state index in [1.807, 2.05) is 6.92 Å². The number of oxazole rings is 1. The maximum absolute atomic E-state index is 11.9. The summed E-state index contributed by atoms with van der Waals surface area (Å²) in [6, 6.07) is 6.97. The van der Waals surface area contributed by atoms with Gasteiger partial charge >= 0.3 is 0 Å². The molecule has 1 aromatic heterocycles. The Balaban J connectivity index is 2.01. The predicted octanol–water partition coefficient (Wildman–Crippen LogP) is 1.92. The summed E-state index contributed by atoms with van der Waals surface area (Å²) in [6.45, 7) is 2.15. The van der Waals surface area contributed by atoms with Gasteiger partial charge < -0.3 is 14.5 Å². The number of hydrogen-bond acceptors (Lipinski definition) is 4. The van der Waals surface area contributed by atoms with Gasteiger partial charge in [-0.25, -0.2) is 4.98 Å². The van der Waals surface area contributed by atoms with Crippen LogP contribution in [0.3, 0.4) is 0 Å². The molecular weight excluding hydrogens is 232 g/mol. The zero-order valence-corrected chi connectivity index (χ0v) is 10.3. The molecule has 5 nitrogen and oxygen atoms in total. The van der Waals surface area contributed by atoms with Crippen LogP contribution in [-0.2, 0) is 6.54 Å². The maximum Gasteiger partial charge on any atom is 0.251 e. The summed E-state index contributed by atoms with van der Waals surface area (Å²) >= 11 is 0. The Bertz CT molecular complexity index is 549. The van der Waals surface area contributed by atoms with Gasteiger partial charge in [0.1, 0.15) is 11.5 Å². The third-order valence-electron chi connectivity index (χ3n) is 2.59. The van der Waals surface area contributed by atoms with Crippen LogP contribution < -0.4 is 10.1 Å². The molecule has 0 bridgehead atoms. The number of benzene rings is 1. The molecule has 0 aliphatic heterocycles. The van der Waals surface area contributed by atoms with Gasteiger partial charge in [-0.05, 0) is 25.1 Å². The second kappa shape index (κ2) is 5.35. The monoisotopic (exact) mass is 246 g/mol. The molecule has 0 spiro atoms. The molecule has 0 atom stereocenters. The van der Waals surface area contributed by atoms with E-state index in [1.54, 1.807) is 31.4 Å². The van der Waals surface area contributed by atoms with Crippen LogP contribution in [0.1, 0.15) is 21.8 Å². The second-order valence-electron chi connectivity index (χ2n) is 3.78. The Morgan fingerprint density at radius 3 is 3.00 bits per heavy atom. The van der Waals surface area contributed by atoms with Crippen LogP contribution >= 0.6 is 0 Å². The molecule has 1 N–H and O–H groups in total. The van der Waals surface area contributed by atoms with Gasteiger partial charge in [-0.3, -0.25) is 4.79 Å². The van der Waals surface area contributed by atoms with Crippen LogP contribution in [0.4, 0.5) is 0 Å². The Hall–Kier alpha value is -2.30. The highest BCUT2D eigenvalue weighted by molar-refractivity contribution is 5.94. The predicted molar refractivity (Wildman–Crippen MR) is 65.4 cm³/mol. The average Bonchev–Trinajstić information content (AvgIpc) is 2.81. The molecule has 0 radical (unpaired) electrons. The Morgan fingerprint density at radius 1 is 1.50 bits per heavy atom. The molecule has 0 unspecified atom stereocenters. The zero-order valence-electron chi connectivity index (χ0n) is 10.3. The number of aromatic nitrogens is 1. The van der Waals surface area contributed by atoms with E-state index in [0.717, 1.165) is 5.69 Å². The lowest BCUT2D eigenvalue weighted by Crippen LogP contribution is -2.22. The number of rotatable bonds is 4. The summed E-state index contributed by atoms with van der Waals surface area (Å²) in [6.07, 6.45) is 1.36. The molecule has 5 heteroatoms. The molecule has 1 amide bonds. The molecular formula is C13H14N2O3. The molecule has 1 aromatic carbocycles. The molecule has 2 rings (SSSR count). The number of carbonyl (C=O) groups is 1. The molecule has 18 heavy (non-hydrogen) atoms. The maximum atomic E-state index is 11.9. The van der Waals surface area contributed by atoms with E-state index < -0.39 is 0 Å². The molecule has 0 aliphatic carbocycles. The Kier molecular flexibility index (Phi) is 3.62. The number of aryl methyl sites for hydroxylation is 1.